The van der Waals surface area contributed by atoms with E-state index < -0.39 is 16.1 Å². The van der Waals surface area contributed by atoms with E-state index in [0.29, 0.717) is 4.47 Å². The molecule has 16 heavy (non-hydrogen) atoms. The van der Waals surface area contributed by atoms with Crippen LogP contribution in [0.1, 0.15) is 6.92 Å². The van der Waals surface area contributed by atoms with E-state index in [2.05, 4.69) is 15.9 Å². The Bertz CT molecular complexity index is 459. The molecule has 0 radical (unpaired) electrons. The van der Waals surface area contributed by atoms with Crippen molar-refractivity contribution in [2.75, 3.05) is 13.6 Å². The minimum atomic E-state index is -3.54. The summed E-state index contributed by atoms with van der Waals surface area (Å²) in [6, 6.07) is 6.60. The molecule has 1 aromatic rings. The van der Waals surface area contributed by atoms with Crippen LogP contribution in [0.3, 0.4) is 0 Å². The Labute approximate surface area is 104 Å². The van der Waals surface area contributed by atoms with Gasteiger partial charge in [-0.25, -0.2) is 8.42 Å². The SMILES string of the molecule is CC(O)CN(C)S(=O)(=O)c1ccccc1Br. The van der Waals surface area contributed by atoms with Gasteiger partial charge in [0.2, 0.25) is 10.0 Å². The van der Waals surface area contributed by atoms with Crippen molar-refractivity contribution in [3.8, 4) is 0 Å². The monoisotopic (exact) mass is 307 g/mol. The summed E-state index contributed by atoms with van der Waals surface area (Å²) in [7, 11) is -2.09. The number of hydrogen-bond donors (Lipinski definition) is 1. The Morgan fingerprint density at radius 2 is 2.00 bits per heavy atom. The second-order valence-electron chi connectivity index (χ2n) is 3.56. The van der Waals surface area contributed by atoms with Crippen LogP contribution in [0.2, 0.25) is 0 Å². The molecular formula is C10H14BrNO3S. The Morgan fingerprint density at radius 1 is 1.44 bits per heavy atom. The van der Waals surface area contributed by atoms with Crippen molar-refractivity contribution < 1.29 is 13.5 Å². The molecule has 0 fully saturated rings. The highest BCUT2D eigenvalue weighted by atomic mass is 79.9. The van der Waals surface area contributed by atoms with Crippen LogP contribution in [0.4, 0.5) is 0 Å². The van der Waals surface area contributed by atoms with Gasteiger partial charge in [0.05, 0.1) is 11.0 Å². The molecular weight excluding hydrogens is 294 g/mol. The van der Waals surface area contributed by atoms with Crippen LogP contribution >= 0.6 is 15.9 Å². The lowest BCUT2D eigenvalue weighted by molar-refractivity contribution is 0.171. The molecule has 1 unspecified atom stereocenters. The predicted molar refractivity (Wildman–Crippen MR) is 65.6 cm³/mol. The largest absolute Gasteiger partial charge is 0.392 e. The molecule has 1 aromatic carbocycles. The maximum Gasteiger partial charge on any atom is 0.244 e. The molecule has 0 aliphatic rings. The summed E-state index contributed by atoms with van der Waals surface area (Å²) in [5.41, 5.74) is 0. The second-order valence-corrected chi connectivity index (χ2v) is 6.43. The lowest BCUT2D eigenvalue weighted by Gasteiger charge is -2.19. The summed E-state index contributed by atoms with van der Waals surface area (Å²) in [5, 5.41) is 9.18. The summed E-state index contributed by atoms with van der Waals surface area (Å²) in [6.07, 6.45) is -0.692. The van der Waals surface area contributed by atoms with Crippen LogP contribution in [0.5, 0.6) is 0 Å². The Kier molecular flexibility index (Phi) is 4.49. The first kappa shape index (κ1) is 13.6. The number of likely N-dealkylation sites (N-methyl/N-ethyl adjacent to an activating group) is 1. The minimum absolute atomic E-state index is 0.0731. The molecule has 0 amide bonds. The van der Waals surface area contributed by atoms with Gasteiger partial charge in [-0.15, -0.1) is 0 Å². The average molecular weight is 308 g/mol. The van der Waals surface area contributed by atoms with E-state index >= 15 is 0 Å². The normalized spacial score (nSPS) is 14.1. The molecule has 1 N–H and O–H groups in total. The number of rotatable bonds is 4. The van der Waals surface area contributed by atoms with E-state index in [1.807, 2.05) is 0 Å². The highest BCUT2D eigenvalue weighted by Gasteiger charge is 2.23. The van der Waals surface area contributed by atoms with E-state index in [-0.39, 0.29) is 11.4 Å². The fourth-order valence-corrected chi connectivity index (χ4v) is 3.50. The van der Waals surface area contributed by atoms with Crippen molar-refractivity contribution in [1.29, 1.82) is 0 Å². The number of aliphatic hydroxyl groups is 1. The average Bonchev–Trinajstić information content (AvgIpc) is 2.16. The van der Waals surface area contributed by atoms with Crippen LogP contribution in [-0.2, 0) is 10.0 Å². The molecule has 0 aliphatic carbocycles. The van der Waals surface area contributed by atoms with Crippen LogP contribution in [0, 0.1) is 0 Å². The Morgan fingerprint density at radius 3 is 2.50 bits per heavy atom. The second kappa shape index (κ2) is 5.27. The molecule has 0 aromatic heterocycles. The van der Waals surface area contributed by atoms with Gasteiger partial charge in [-0.05, 0) is 35.0 Å². The van der Waals surface area contributed by atoms with Gasteiger partial charge in [-0.2, -0.15) is 4.31 Å². The van der Waals surface area contributed by atoms with Crippen molar-refractivity contribution in [3.63, 3.8) is 0 Å². The van der Waals surface area contributed by atoms with Gasteiger partial charge in [0.1, 0.15) is 0 Å². The Balaban J connectivity index is 3.08. The molecule has 6 heteroatoms. The topological polar surface area (TPSA) is 57.6 Å². The standard InChI is InChI=1S/C10H14BrNO3S/c1-8(13)7-12(2)16(14,15)10-6-4-3-5-9(10)11/h3-6,8,13H,7H2,1-2H3. The molecule has 1 atom stereocenters. The van der Waals surface area contributed by atoms with Gasteiger partial charge in [0.25, 0.3) is 0 Å². The summed E-state index contributed by atoms with van der Waals surface area (Å²) >= 11 is 3.20. The van der Waals surface area contributed by atoms with E-state index in [9.17, 15) is 13.5 Å². The summed E-state index contributed by atoms with van der Waals surface area (Å²) < 4.78 is 25.8. The van der Waals surface area contributed by atoms with Gasteiger partial charge in [-0.1, -0.05) is 12.1 Å². The number of halogens is 1. The fourth-order valence-electron chi connectivity index (χ4n) is 1.29. The van der Waals surface area contributed by atoms with Crippen LogP contribution in [0.15, 0.2) is 33.6 Å². The number of nitrogens with zero attached hydrogens (tertiary/aromatic N) is 1. The summed E-state index contributed by atoms with van der Waals surface area (Å²) in [4.78, 5) is 0.207. The third-order valence-corrected chi connectivity index (χ3v) is 4.88. The molecule has 1 rings (SSSR count). The lowest BCUT2D eigenvalue weighted by atomic mass is 10.4. The Hall–Kier alpha value is -0.430. The van der Waals surface area contributed by atoms with E-state index in [0.717, 1.165) is 4.31 Å². The van der Waals surface area contributed by atoms with Crippen LogP contribution in [-0.4, -0.2) is 37.5 Å². The van der Waals surface area contributed by atoms with Crippen molar-refractivity contribution in [1.82, 2.24) is 4.31 Å². The molecule has 0 saturated heterocycles. The number of benzene rings is 1. The van der Waals surface area contributed by atoms with Gasteiger partial charge in [0, 0.05) is 18.1 Å². The van der Waals surface area contributed by atoms with Gasteiger partial charge in [0.15, 0.2) is 0 Å². The quantitative estimate of drug-likeness (QED) is 0.916. The zero-order chi connectivity index (χ0) is 12.3. The van der Waals surface area contributed by atoms with E-state index in [1.165, 1.54) is 13.1 Å². The molecule has 0 spiro atoms. The van der Waals surface area contributed by atoms with Gasteiger partial charge in [-0.3, -0.25) is 0 Å². The molecule has 4 nitrogen and oxygen atoms in total. The smallest absolute Gasteiger partial charge is 0.244 e. The molecule has 0 saturated carbocycles. The summed E-state index contributed by atoms with van der Waals surface area (Å²) in [6.45, 7) is 1.62. The highest BCUT2D eigenvalue weighted by molar-refractivity contribution is 9.10. The van der Waals surface area contributed by atoms with E-state index in [4.69, 9.17) is 0 Å². The van der Waals surface area contributed by atoms with Crippen molar-refractivity contribution in [3.05, 3.63) is 28.7 Å². The van der Waals surface area contributed by atoms with Gasteiger partial charge < -0.3 is 5.11 Å². The first-order valence-corrected chi connectivity index (χ1v) is 6.98. The number of hydrogen-bond acceptors (Lipinski definition) is 3. The van der Waals surface area contributed by atoms with Crippen molar-refractivity contribution >= 4 is 26.0 Å². The van der Waals surface area contributed by atoms with Crippen molar-refractivity contribution in [2.45, 2.75) is 17.9 Å². The first-order valence-electron chi connectivity index (χ1n) is 4.74. The predicted octanol–water partition coefficient (Wildman–Crippen LogP) is 1.45. The fraction of sp³-hybridized carbons (Fsp3) is 0.400. The summed E-state index contributed by atoms with van der Waals surface area (Å²) in [5.74, 6) is 0. The van der Waals surface area contributed by atoms with Crippen LogP contribution in [0.25, 0.3) is 0 Å². The third-order valence-electron chi connectivity index (χ3n) is 2.05. The zero-order valence-electron chi connectivity index (χ0n) is 9.09. The number of sulfonamides is 1. The van der Waals surface area contributed by atoms with Gasteiger partial charge >= 0.3 is 0 Å². The maximum absolute atomic E-state index is 12.1. The third kappa shape index (κ3) is 3.04. The maximum atomic E-state index is 12.1. The van der Waals surface area contributed by atoms with Crippen LogP contribution < -0.4 is 0 Å². The minimum Gasteiger partial charge on any atom is -0.392 e. The van der Waals surface area contributed by atoms with E-state index in [1.54, 1.807) is 25.1 Å². The highest BCUT2D eigenvalue weighted by Crippen LogP contribution is 2.23. The lowest BCUT2D eigenvalue weighted by Crippen LogP contribution is -2.33. The molecule has 0 bridgehead atoms. The number of aliphatic hydroxyl groups excluding tert-OH is 1. The first-order chi connectivity index (χ1) is 7.35. The molecule has 0 aliphatic heterocycles. The zero-order valence-corrected chi connectivity index (χ0v) is 11.5. The molecule has 0 heterocycles. The molecule has 90 valence electrons. The van der Waals surface area contributed by atoms with Crippen molar-refractivity contribution in [2.24, 2.45) is 0 Å².